The molecule has 15 heteroatoms. The first-order valence-electron chi connectivity index (χ1n) is 14.2. The smallest absolute Gasteiger partial charge is 0.526 e. The van der Waals surface area contributed by atoms with Crippen molar-refractivity contribution >= 4 is 46.9 Å². The molecule has 0 amide bonds. The van der Waals surface area contributed by atoms with E-state index in [1.165, 1.54) is 6.07 Å². The van der Waals surface area contributed by atoms with Crippen LogP contribution in [0.15, 0.2) is 58.0 Å². The number of nitrogen functional groups attached to an aromatic ring is 1. The van der Waals surface area contributed by atoms with Crippen LogP contribution in [-0.4, -0.2) is 77.9 Å². The standard InChI is InChI=1S/C29H33BN6O7S/c31-27(34-20-8-10-33-11-9-20)17-4-6-21(7-5-17)41-12-13-42-36-25(23-16-44-29(32)35-23)24(37)15-19-14-18-2-1-3-22(28(38)39)26(18)43-30(19)40/h1-7,16,19-20,33,40H,8-15H2,(H2,31,34)(H2,32,35)(H,38,39)/b36-25-/t19-/m1/s1. The third kappa shape index (κ3) is 7.72. The third-order valence-electron chi connectivity index (χ3n) is 7.31. The van der Waals surface area contributed by atoms with Crippen molar-refractivity contribution in [1.29, 1.82) is 0 Å². The van der Waals surface area contributed by atoms with Gasteiger partial charge in [0.25, 0.3) is 0 Å². The number of thiazole rings is 1. The molecule has 2 aromatic carbocycles. The largest absolute Gasteiger partial charge is 0.535 e. The molecule has 2 aliphatic heterocycles. The van der Waals surface area contributed by atoms with Crippen LogP contribution in [0.5, 0.6) is 11.5 Å². The predicted octanol–water partition coefficient (Wildman–Crippen LogP) is 2.13. The van der Waals surface area contributed by atoms with Crippen molar-refractivity contribution in [2.24, 2.45) is 15.9 Å². The molecule has 0 radical (unpaired) electrons. The van der Waals surface area contributed by atoms with Gasteiger partial charge in [0.15, 0.2) is 23.2 Å². The number of carboxylic acid groups (broad SMARTS) is 1. The summed E-state index contributed by atoms with van der Waals surface area (Å²) in [5.41, 5.74) is 13.5. The highest BCUT2D eigenvalue weighted by Gasteiger charge is 2.39. The van der Waals surface area contributed by atoms with Gasteiger partial charge in [-0.15, -0.1) is 11.3 Å². The number of ether oxygens (including phenoxy) is 1. The van der Waals surface area contributed by atoms with E-state index in [9.17, 15) is 19.7 Å². The Morgan fingerprint density at radius 3 is 2.64 bits per heavy atom. The first kappa shape index (κ1) is 31.0. The van der Waals surface area contributed by atoms with Gasteiger partial charge in [-0.25, -0.2) is 9.78 Å². The predicted molar refractivity (Wildman–Crippen MR) is 167 cm³/mol. The fraction of sp³-hybridized carbons (Fsp3) is 0.345. The zero-order chi connectivity index (χ0) is 31.1. The minimum atomic E-state index is -1.39. The van der Waals surface area contributed by atoms with Crippen molar-refractivity contribution in [3.8, 4) is 11.5 Å². The topological polar surface area (TPSA) is 204 Å². The van der Waals surface area contributed by atoms with E-state index in [1.54, 1.807) is 29.6 Å². The van der Waals surface area contributed by atoms with Gasteiger partial charge in [-0.05, 0) is 68.2 Å². The van der Waals surface area contributed by atoms with Crippen LogP contribution < -0.4 is 26.2 Å². The molecule has 13 nitrogen and oxygen atoms in total. The number of para-hydroxylation sites is 1. The van der Waals surface area contributed by atoms with Crippen LogP contribution in [-0.2, 0) is 16.1 Å². The quantitative estimate of drug-likeness (QED) is 0.0652. The molecule has 0 bridgehead atoms. The van der Waals surface area contributed by atoms with Crippen molar-refractivity contribution in [2.75, 3.05) is 32.0 Å². The van der Waals surface area contributed by atoms with E-state index in [0.29, 0.717) is 17.1 Å². The van der Waals surface area contributed by atoms with Crippen molar-refractivity contribution in [3.05, 3.63) is 70.2 Å². The second-order valence-corrected chi connectivity index (χ2v) is 11.3. The molecule has 3 heterocycles. The molecule has 7 N–H and O–H groups in total. The average Bonchev–Trinajstić information content (AvgIpc) is 3.45. The first-order valence-corrected chi connectivity index (χ1v) is 15.1. The maximum atomic E-state index is 13.3. The first-order chi connectivity index (χ1) is 21.3. The lowest BCUT2D eigenvalue weighted by Crippen LogP contribution is -2.37. The summed E-state index contributed by atoms with van der Waals surface area (Å²) in [6.45, 7) is 2.08. The highest BCUT2D eigenvalue weighted by Crippen LogP contribution is 2.36. The molecule has 0 spiro atoms. The Kier molecular flexibility index (Phi) is 10.1. The Labute approximate surface area is 258 Å². The number of hydrogen-bond donors (Lipinski definition) is 5. The summed E-state index contributed by atoms with van der Waals surface area (Å²) in [4.78, 5) is 39.1. The summed E-state index contributed by atoms with van der Waals surface area (Å²) < 4.78 is 11.3. The molecule has 3 aromatic rings. The Bertz CT molecular complexity index is 1540. The number of aromatic nitrogens is 1. The highest BCUT2D eigenvalue weighted by atomic mass is 32.1. The molecule has 1 aromatic heterocycles. The Morgan fingerprint density at radius 1 is 1.16 bits per heavy atom. The number of carbonyl (C=O) groups excluding carboxylic acids is 1. The number of amidine groups is 1. The number of oxime groups is 1. The van der Waals surface area contributed by atoms with E-state index < -0.39 is 24.7 Å². The fourth-order valence-corrected chi connectivity index (χ4v) is 5.58. The van der Waals surface area contributed by atoms with E-state index in [-0.39, 0.29) is 59.9 Å². The maximum Gasteiger partial charge on any atom is 0.526 e. The van der Waals surface area contributed by atoms with Gasteiger partial charge in [0.2, 0.25) is 0 Å². The minimum Gasteiger partial charge on any atom is -0.535 e. The van der Waals surface area contributed by atoms with Gasteiger partial charge in [0.1, 0.15) is 29.6 Å². The number of nitrogens with zero attached hydrogens (tertiary/aromatic N) is 3. The maximum absolute atomic E-state index is 13.3. The third-order valence-corrected chi connectivity index (χ3v) is 7.98. The zero-order valence-electron chi connectivity index (χ0n) is 23.8. The second kappa shape index (κ2) is 14.3. The summed E-state index contributed by atoms with van der Waals surface area (Å²) >= 11 is 1.15. The number of carboxylic acids is 1. The molecule has 1 fully saturated rings. The SMILES string of the molecule is NC(=NC1CCNCC1)c1ccc(OCCO/N=C(\C(=O)C[C@H]2Cc3cccc(C(=O)O)c3OB2O)c2csc(N)n2)cc1. The number of fused-ring (bicyclic) bond motifs is 1. The Morgan fingerprint density at radius 2 is 1.93 bits per heavy atom. The lowest BCUT2D eigenvalue weighted by Gasteiger charge is -2.28. The van der Waals surface area contributed by atoms with Gasteiger partial charge >= 0.3 is 13.1 Å². The number of aliphatic imine (C=N–C) groups is 1. The van der Waals surface area contributed by atoms with Crippen molar-refractivity contribution < 1.29 is 33.9 Å². The average molecular weight is 620 g/mol. The molecule has 230 valence electrons. The molecule has 0 unspecified atom stereocenters. The van der Waals surface area contributed by atoms with Gasteiger partial charge in [0.05, 0.1) is 11.6 Å². The van der Waals surface area contributed by atoms with Crippen LogP contribution in [0.1, 0.15) is 46.4 Å². The van der Waals surface area contributed by atoms with Crippen molar-refractivity contribution in [2.45, 2.75) is 37.5 Å². The van der Waals surface area contributed by atoms with Crippen LogP contribution >= 0.6 is 11.3 Å². The number of ketones is 1. The molecular weight excluding hydrogens is 587 g/mol. The molecule has 44 heavy (non-hydrogen) atoms. The lowest BCUT2D eigenvalue weighted by molar-refractivity contribution is -0.113. The number of anilines is 1. The van der Waals surface area contributed by atoms with Gasteiger partial charge in [-0.1, -0.05) is 17.3 Å². The number of aromatic carboxylic acids is 1. The number of Topliss-reactive ketones (excluding diaryl/α,β-unsaturated/α-hetero) is 1. The van der Waals surface area contributed by atoms with E-state index in [4.69, 9.17) is 25.7 Å². The minimum absolute atomic E-state index is 0.0397. The number of nitrogens with one attached hydrogen (secondary N) is 1. The Balaban J connectivity index is 1.17. The molecule has 0 saturated carbocycles. The van der Waals surface area contributed by atoms with Gasteiger partial charge in [-0.3, -0.25) is 9.79 Å². The summed E-state index contributed by atoms with van der Waals surface area (Å²) in [5.74, 6) is -1.05. The number of nitrogens with two attached hydrogens (primary N) is 2. The van der Waals surface area contributed by atoms with E-state index in [1.807, 2.05) is 12.1 Å². The zero-order valence-corrected chi connectivity index (χ0v) is 24.7. The molecule has 5 rings (SSSR count). The van der Waals surface area contributed by atoms with Crippen LogP contribution in [0.2, 0.25) is 5.82 Å². The summed E-state index contributed by atoms with van der Waals surface area (Å²) in [5, 5.41) is 29.2. The fourth-order valence-electron chi connectivity index (χ4n) is 5.03. The molecule has 1 atom stereocenters. The normalized spacial score (nSPS) is 17.5. The van der Waals surface area contributed by atoms with Crippen LogP contribution in [0, 0.1) is 0 Å². The monoisotopic (exact) mass is 620 g/mol. The molecule has 1 saturated heterocycles. The van der Waals surface area contributed by atoms with Gasteiger partial charge < -0.3 is 41.1 Å². The highest BCUT2D eigenvalue weighted by molar-refractivity contribution is 7.13. The summed E-state index contributed by atoms with van der Waals surface area (Å²) in [7, 11) is -1.39. The summed E-state index contributed by atoms with van der Waals surface area (Å²) in [6.07, 6.45) is 2.02. The van der Waals surface area contributed by atoms with Crippen molar-refractivity contribution in [3.63, 3.8) is 0 Å². The number of hydrogen-bond acceptors (Lipinski definition) is 12. The van der Waals surface area contributed by atoms with Gasteiger partial charge in [0, 0.05) is 23.2 Å². The van der Waals surface area contributed by atoms with Crippen LogP contribution in [0.3, 0.4) is 0 Å². The summed E-state index contributed by atoms with van der Waals surface area (Å²) in [6, 6.07) is 12.2. The van der Waals surface area contributed by atoms with E-state index in [0.717, 1.165) is 42.8 Å². The lowest BCUT2D eigenvalue weighted by atomic mass is 9.64. The molecule has 2 aliphatic rings. The van der Waals surface area contributed by atoms with E-state index >= 15 is 0 Å². The number of rotatable bonds is 12. The molecule has 0 aliphatic carbocycles. The van der Waals surface area contributed by atoms with Crippen LogP contribution in [0.4, 0.5) is 5.13 Å². The molecular formula is C29H33BN6O7S. The Hall–Kier alpha value is -4.47. The van der Waals surface area contributed by atoms with Crippen molar-refractivity contribution in [1.82, 2.24) is 10.3 Å². The van der Waals surface area contributed by atoms with E-state index in [2.05, 4.69) is 20.4 Å². The number of piperidine rings is 1. The number of carbonyl (C=O) groups is 2. The number of benzene rings is 2. The van der Waals surface area contributed by atoms with Gasteiger partial charge in [-0.2, -0.15) is 0 Å². The van der Waals surface area contributed by atoms with Crippen LogP contribution in [0.25, 0.3) is 0 Å². The second-order valence-electron chi connectivity index (χ2n) is 10.4.